The number of nitrogens with zero attached hydrogens (tertiary/aromatic N) is 1. The molecule has 3 nitrogen and oxygen atoms in total. The van der Waals surface area contributed by atoms with E-state index in [2.05, 4.69) is 38.2 Å². The SMILES string of the molecule is CC(C)CC(C)N1C(=O)C(C)NC1c1ccccc1. The lowest BCUT2D eigenvalue weighted by atomic mass is 10.0. The normalized spacial score (nSPS) is 25.1. The summed E-state index contributed by atoms with van der Waals surface area (Å²) in [6, 6.07) is 10.4. The van der Waals surface area contributed by atoms with Gasteiger partial charge in [0.1, 0.15) is 6.17 Å². The standard InChI is InChI=1S/C16H24N2O/c1-11(2)10-12(3)18-15(17-13(4)16(18)19)14-8-6-5-7-9-14/h5-9,11-13,15,17H,10H2,1-4H3. The second-order valence-electron chi connectivity index (χ2n) is 5.93. The number of nitrogens with one attached hydrogen (secondary N) is 1. The highest BCUT2D eigenvalue weighted by molar-refractivity contribution is 5.84. The topological polar surface area (TPSA) is 32.3 Å². The summed E-state index contributed by atoms with van der Waals surface area (Å²) in [7, 11) is 0. The van der Waals surface area contributed by atoms with Crippen molar-refractivity contribution < 1.29 is 4.79 Å². The van der Waals surface area contributed by atoms with Crippen LogP contribution in [0.5, 0.6) is 0 Å². The minimum atomic E-state index is -0.0974. The summed E-state index contributed by atoms with van der Waals surface area (Å²) < 4.78 is 0. The molecule has 0 aliphatic carbocycles. The van der Waals surface area contributed by atoms with Crippen LogP contribution in [0.4, 0.5) is 0 Å². The van der Waals surface area contributed by atoms with Gasteiger partial charge in [0, 0.05) is 6.04 Å². The predicted octanol–water partition coefficient (Wildman–Crippen LogP) is 2.94. The summed E-state index contributed by atoms with van der Waals surface area (Å²) in [5, 5.41) is 3.40. The Labute approximate surface area is 116 Å². The van der Waals surface area contributed by atoms with E-state index < -0.39 is 0 Å². The fraction of sp³-hybridized carbons (Fsp3) is 0.562. The van der Waals surface area contributed by atoms with Crippen LogP contribution < -0.4 is 5.32 Å². The Morgan fingerprint density at radius 3 is 2.42 bits per heavy atom. The van der Waals surface area contributed by atoms with Gasteiger partial charge in [-0.1, -0.05) is 44.2 Å². The average molecular weight is 260 g/mol. The number of carbonyl (C=O) groups is 1. The first-order valence-corrected chi connectivity index (χ1v) is 7.14. The van der Waals surface area contributed by atoms with E-state index in [0.29, 0.717) is 5.92 Å². The first-order valence-electron chi connectivity index (χ1n) is 7.14. The third kappa shape index (κ3) is 2.98. The van der Waals surface area contributed by atoms with Crippen LogP contribution in [0, 0.1) is 5.92 Å². The van der Waals surface area contributed by atoms with Gasteiger partial charge in [-0.3, -0.25) is 10.1 Å². The molecule has 0 spiro atoms. The quantitative estimate of drug-likeness (QED) is 0.902. The molecule has 1 heterocycles. The van der Waals surface area contributed by atoms with Crippen LogP contribution in [0.1, 0.15) is 45.8 Å². The zero-order valence-corrected chi connectivity index (χ0v) is 12.3. The van der Waals surface area contributed by atoms with Crippen LogP contribution in [0.3, 0.4) is 0 Å². The Bertz CT molecular complexity index is 430. The highest BCUT2D eigenvalue weighted by atomic mass is 16.2. The Kier molecular flexibility index (Phi) is 4.25. The molecule has 1 aliphatic rings. The second-order valence-corrected chi connectivity index (χ2v) is 5.93. The Morgan fingerprint density at radius 2 is 1.84 bits per heavy atom. The van der Waals surface area contributed by atoms with Crippen molar-refractivity contribution in [1.29, 1.82) is 0 Å². The summed E-state index contributed by atoms with van der Waals surface area (Å²) in [5.41, 5.74) is 1.16. The zero-order valence-electron chi connectivity index (χ0n) is 12.3. The van der Waals surface area contributed by atoms with Gasteiger partial charge in [0.2, 0.25) is 5.91 Å². The molecule has 0 saturated carbocycles. The molecule has 2 rings (SSSR count). The lowest BCUT2D eigenvalue weighted by molar-refractivity contribution is -0.132. The number of carbonyl (C=O) groups excluding carboxylic acids is 1. The summed E-state index contributed by atoms with van der Waals surface area (Å²) >= 11 is 0. The summed E-state index contributed by atoms with van der Waals surface area (Å²) in [6.07, 6.45) is 1.04. The fourth-order valence-electron chi connectivity index (χ4n) is 2.90. The fourth-order valence-corrected chi connectivity index (χ4v) is 2.90. The van der Waals surface area contributed by atoms with Crippen molar-refractivity contribution in [2.24, 2.45) is 5.92 Å². The summed E-state index contributed by atoms with van der Waals surface area (Å²) in [5.74, 6) is 0.803. The van der Waals surface area contributed by atoms with E-state index in [1.165, 1.54) is 0 Å². The van der Waals surface area contributed by atoms with Gasteiger partial charge in [0.05, 0.1) is 6.04 Å². The molecule has 1 N–H and O–H groups in total. The Balaban J connectivity index is 2.24. The molecule has 3 unspecified atom stereocenters. The van der Waals surface area contributed by atoms with Crippen LogP contribution in [0.25, 0.3) is 0 Å². The molecule has 1 aromatic rings. The van der Waals surface area contributed by atoms with E-state index in [1.54, 1.807) is 0 Å². The van der Waals surface area contributed by atoms with Gasteiger partial charge in [-0.15, -0.1) is 0 Å². The van der Waals surface area contributed by atoms with E-state index in [4.69, 9.17) is 0 Å². The van der Waals surface area contributed by atoms with Crippen molar-refractivity contribution in [1.82, 2.24) is 10.2 Å². The van der Waals surface area contributed by atoms with Crippen LogP contribution in [-0.2, 0) is 4.79 Å². The molecule has 3 atom stereocenters. The van der Waals surface area contributed by atoms with E-state index >= 15 is 0 Å². The van der Waals surface area contributed by atoms with E-state index in [1.807, 2.05) is 30.0 Å². The highest BCUT2D eigenvalue weighted by Crippen LogP contribution is 2.29. The molecule has 104 valence electrons. The summed E-state index contributed by atoms with van der Waals surface area (Å²) in [4.78, 5) is 14.4. The lowest BCUT2D eigenvalue weighted by Crippen LogP contribution is -2.39. The largest absolute Gasteiger partial charge is 0.319 e. The molecule has 1 amide bonds. The monoisotopic (exact) mass is 260 g/mol. The predicted molar refractivity (Wildman–Crippen MR) is 77.5 cm³/mol. The molecule has 19 heavy (non-hydrogen) atoms. The first kappa shape index (κ1) is 14.1. The molecule has 1 fully saturated rings. The number of hydrogen-bond donors (Lipinski definition) is 1. The van der Waals surface area contributed by atoms with Crippen molar-refractivity contribution in [3.05, 3.63) is 35.9 Å². The van der Waals surface area contributed by atoms with Crippen molar-refractivity contribution >= 4 is 5.91 Å². The first-order chi connectivity index (χ1) is 9.00. The smallest absolute Gasteiger partial charge is 0.241 e. The maximum absolute atomic E-state index is 12.4. The van der Waals surface area contributed by atoms with Crippen LogP contribution in [0.2, 0.25) is 0 Å². The molecule has 3 heteroatoms. The van der Waals surface area contributed by atoms with Gasteiger partial charge in [-0.25, -0.2) is 0 Å². The van der Waals surface area contributed by atoms with Gasteiger partial charge >= 0.3 is 0 Å². The maximum atomic E-state index is 12.4. The van der Waals surface area contributed by atoms with Crippen molar-refractivity contribution in [3.63, 3.8) is 0 Å². The van der Waals surface area contributed by atoms with Crippen molar-refractivity contribution in [2.75, 3.05) is 0 Å². The molecule has 1 saturated heterocycles. The average Bonchev–Trinajstić information content (AvgIpc) is 2.66. The number of hydrogen-bond acceptors (Lipinski definition) is 2. The van der Waals surface area contributed by atoms with Gasteiger partial charge < -0.3 is 4.90 Å². The maximum Gasteiger partial charge on any atom is 0.241 e. The van der Waals surface area contributed by atoms with E-state index in [0.717, 1.165) is 12.0 Å². The number of benzene rings is 1. The van der Waals surface area contributed by atoms with Gasteiger partial charge in [-0.2, -0.15) is 0 Å². The Hall–Kier alpha value is -1.35. The number of rotatable bonds is 4. The Morgan fingerprint density at radius 1 is 1.21 bits per heavy atom. The lowest BCUT2D eigenvalue weighted by Gasteiger charge is -2.31. The van der Waals surface area contributed by atoms with Crippen LogP contribution in [-0.4, -0.2) is 22.9 Å². The van der Waals surface area contributed by atoms with Gasteiger partial charge in [0.25, 0.3) is 0 Å². The number of amides is 1. The molecule has 1 aromatic carbocycles. The molecule has 0 bridgehead atoms. The second kappa shape index (κ2) is 5.74. The van der Waals surface area contributed by atoms with Crippen LogP contribution in [0.15, 0.2) is 30.3 Å². The molecule has 0 aromatic heterocycles. The third-order valence-electron chi connectivity index (χ3n) is 3.71. The summed E-state index contributed by atoms with van der Waals surface area (Å²) in [6.45, 7) is 8.49. The van der Waals surface area contributed by atoms with E-state index in [-0.39, 0.29) is 24.2 Å². The highest BCUT2D eigenvalue weighted by Gasteiger charge is 2.39. The minimum absolute atomic E-state index is 0.0115. The van der Waals surface area contributed by atoms with Gasteiger partial charge in [0.15, 0.2) is 0 Å². The van der Waals surface area contributed by atoms with Gasteiger partial charge in [-0.05, 0) is 31.7 Å². The molecule has 0 radical (unpaired) electrons. The van der Waals surface area contributed by atoms with Crippen molar-refractivity contribution in [3.8, 4) is 0 Å². The van der Waals surface area contributed by atoms with E-state index in [9.17, 15) is 4.79 Å². The van der Waals surface area contributed by atoms with Crippen molar-refractivity contribution in [2.45, 2.75) is 52.4 Å². The molecular formula is C16H24N2O. The molecular weight excluding hydrogens is 236 g/mol. The third-order valence-corrected chi connectivity index (χ3v) is 3.71. The zero-order chi connectivity index (χ0) is 14.0. The minimum Gasteiger partial charge on any atom is -0.319 e. The van der Waals surface area contributed by atoms with Crippen LogP contribution >= 0.6 is 0 Å². The molecule has 1 aliphatic heterocycles.